The van der Waals surface area contributed by atoms with Gasteiger partial charge in [-0.3, -0.25) is 0 Å². The number of hydrogen-bond acceptors (Lipinski definition) is 16. The van der Waals surface area contributed by atoms with Crippen molar-refractivity contribution in [1.82, 2.24) is 74.8 Å². The molecule has 0 bridgehead atoms. The number of rotatable bonds is 10. The van der Waals surface area contributed by atoms with Gasteiger partial charge in [0.2, 0.25) is 26.4 Å². The quantitative estimate of drug-likeness (QED) is 0.125. The maximum atomic E-state index is 6.29. The summed E-state index contributed by atoms with van der Waals surface area (Å²) in [5.41, 5.74) is 10.7. The highest BCUT2D eigenvalue weighted by Gasteiger charge is 2.20. The molecular weight excluding hydrogens is 1660 g/mol. The fourth-order valence-electron chi connectivity index (χ4n) is 14.9. The van der Waals surface area contributed by atoms with E-state index in [9.17, 15) is 0 Å². The summed E-state index contributed by atoms with van der Waals surface area (Å²) in [6.45, 7) is 0. The van der Waals surface area contributed by atoms with E-state index in [0.717, 1.165) is 126 Å². The minimum absolute atomic E-state index is 0.155. The van der Waals surface area contributed by atoms with E-state index < -0.39 is 0 Å². The minimum Gasteiger partial charge on any atom is -0.455 e. The molecule has 6 heterocycles. The molecule has 0 radical (unpaired) electrons. The summed E-state index contributed by atoms with van der Waals surface area (Å²) in [7, 11) is 0. The summed E-state index contributed by atoms with van der Waals surface area (Å²) in [5.74, 6) is 5.65. The number of nitrogens with zero attached hydrogens (tertiary/aromatic N) is 15. The van der Waals surface area contributed by atoms with Crippen molar-refractivity contribution in [2.24, 2.45) is 0 Å². The first-order valence-corrected chi connectivity index (χ1v) is 41.9. The fraction of sp³-hybridized carbons (Fsp3) is 0. The van der Waals surface area contributed by atoms with E-state index in [1.807, 2.05) is 261 Å². The van der Waals surface area contributed by atoms with Gasteiger partial charge in [0.05, 0.1) is 5.56 Å². The molecule has 17 aromatic carbocycles. The second-order valence-electron chi connectivity index (χ2n) is 28.9. The molecule has 23 rings (SSSR count). The van der Waals surface area contributed by atoms with Crippen molar-refractivity contribution in [3.05, 3.63) is 415 Å². The normalized spacial score (nSPS) is 11.1. The lowest BCUT2D eigenvalue weighted by Crippen LogP contribution is -1.98. The van der Waals surface area contributed by atoms with Crippen LogP contribution in [0.4, 0.5) is 0 Å². The molecule has 21 heteroatoms. The zero-order valence-corrected chi connectivity index (χ0v) is 70.2. The Kier molecular flexibility index (Phi) is 23.4. The van der Waals surface area contributed by atoms with Gasteiger partial charge in [0.25, 0.3) is 0 Å². The smallest absolute Gasteiger partial charge is 0.226 e. The average molecular weight is 1730 g/mol. The molecule has 0 fully saturated rings. The number of fused-ring (bicyclic) bond motifs is 9. The maximum Gasteiger partial charge on any atom is 0.226 e. The largest absolute Gasteiger partial charge is 0.455 e. The lowest BCUT2D eigenvalue weighted by atomic mass is 10.0. The number of hydrogen-bond donors (Lipinski definition) is 0. The van der Waals surface area contributed by atoms with E-state index >= 15 is 0 Å². The maximum absolute atomic E-state index is 6.29. The van der Waals surface area contributed by atoms with Gasteiger partial charge in [-0.1, -0.05) is 358 Å². The van der Waals surface area contributed by atoms with Crippen molar-refractivity contribution in [2.45, 2.75) is 0 Å². The molecule has 0 atom stereocenters. The molecule has 0 aliphatic rings. The number of halogens is 5. The van der Waals surface area contributed by atoms with Crippen molar-refractivity contribution in [1.29, 1.82) is 0 Å². The standard InChI is InChI=1S/2C23H14ClN3.C21H12ClN3O.2C19H12ClN3/c24-23-26-21(19-13-5-9-15-7-1-3-11-17(15)19)25-22(27-23)20-14-6-10-16-8-2-4-12-18(16)20;24-23-26-21(19-11-9-15-5-1-3-7-17(15)13-19)25-22(27-23)20-12-10-16-6-2-4-8-18(16)14-20;22-21-24-19(13-7-2-1-3-8-13)23-20(25-21)16-11-6-10-15-14-9-4-5-12-17(14)26-18(15)16;20-19-22-17(14-8-2-1-3-9-14)21-18(23-19)16-12-6-10-13-7-4-5-11-15(13)16;20-19-22-17(14-7-2-1-3-8-14)21-18(23-19)16-11-10-13-6-4-5-9-15(13)12-16/h2*1-14H;1-12H;2*1-12H. The van der Waals surface area contributed by atoms with Crippen LogP contribution in [-0.4, -0.2) is 74.8 Å². The van der Waals surface area contributed by atoms with Crippen LogP contribution in [0.5, 0.6) is 0 Å². The predicted molar refractivity (Wildman–Crippen MR) is 511 cm³/mol. The van der Waals surface area contributed by atoms with Crippen molar-refractivity contribution < 1.29 is 4.42 Å². The molecular formula is C105H64Cl5N15O. The molecule has 600 valence electrons. The van der Waals surface area contributed by atoms with Crippen LogP contribution in [-0.2, 0) is 0 Å². The lowest BCUT2D eigenvalue weighted by molar-refractivity contribution is 0.669. The summed E-state index contributed by atoms with van der Waals surface area (Å²) in [5, 5.41) is 16.7. The Hall–Kier alpha value is -15.4. The van der Waals surface area contributed by atoms with Gasteiger partial charge in [0.15, 0.2) is 58.2 Å². The van der Waals surface area contributed by atoms with Crippen LogP contribution in [0.15, 0.2) is 393 Å². The second kappa shape index (κ2) is 36.7. The minimum atomic E-state index is 0.155. The number of benzene rings is 17. The molecule has 23 aromatic rings. The van der Waals surface area contributed by atoms with E-state index in [4.69, 9.17) is 67.4 Å². The summed E-state index contributed by atoms with van der Waals surface area (Å²) in [6, 6.07) is 129. The van der Waals surface area contributed by atoms with Crippen LogP contribution in [0.25, 0.3) is 200 Å². The number of aromatic nitrogens is 15. The van der Waals surface area contributed by atoms with Crippen LogP contribution < -0.4 is 0 Å². The molecule has 0 amide bonds. The molecule has 0 aliphatic heterocycles. The molecule has 0 N–H and O–H groups in total. The van der Waals surface area contributed by atoms with Crippen LogP contribution in [0.2, 0.25) is 26.4 Å². The Balaban J connectivity index is 0.000000103. The van der Waals surface area contributed by atoms with Gasteiger partial charge in [-0.2, -0.15) is 49.8 Å². The van der Waals surface area contributed by atoms with Crippen molar-refractivity contribution >= 4 is 145 Å². The number of furan rings is 1. The van der Waals surface area contributed by atoms with E-state index in [1.165, 1.54) is 16.2 Å². The summed E-state index contributed by atoms with van der Waals surface area (Å²) < 4.78 is 6.08. The Morgan fingerprint density at radius 3 is 0.730 bits per heavy atom. The third kappa shape index (κ3) is 18.0. The Morgan fingerprint density at radius 2 is 0.381 bits per heavy atom. The Morgan fingerprint density at radius 1 is 0.151 bits per heavy atom. The topological polar surface area (TPSA) is 206 Å². The van der Waals surface area contributed by atoms with E-state index in [-0.39, 0.29) is 26.4 Å². The second-order valence-corrected chi connectivity index (χ2v) is 30.6. The number of para-hydroxylation sites is 2. The molecule has 0 saturated heterocycles. The molecule has 126 heavy (non-hydrogen) atoms. The first-order valence-electron chi connectivity index (χ1n) is 40.0. The van der Waals surface area contributed by atoms with Gasteiger partial charge in [-0.15, -0.1) is 0 Å². The van der Waals surface area contributed by atoms with Crippen LogP contribution >= 0.6 is 58.0 Å². The molecule has 0 saturated carbocycles. The summed E-state index contributed by atoms with van der Waals surface area (Å²) in [6.07, 6.45) is 0. The first kappa shape index (κ1) is 80.3. The van der Waals surface area contributed by atoms with Gasteiger partial charge in [-0.05, 0) is 153 Å². The van der Waals surface area contributed by atoms with Gasteiger partial charge in [0.1, 0.15) is 11.2 Å². The van der Waals surface area contributed by atoms with Crippen LogP contribution in [0.1, 0.15) is 0 Å². The van der Waals surface area contributed by atoms with Gasteiger partial charge >= 0.3 is 0 Å². The molecule has 6 aromatic heterocycles. The molecule has 16 nitrogen and oxygen atoms in total. The van der Waals surface area contributed by atoms with E-state index in [2.05, 4.69) is 197 Å². The average Bonchev–Trinajstić information content (AvgIpc) is 1.53. The van der Waals surface area contributed by atoms with E-state index in [0.29, 0.717) is 58.2 Å². The Bertz CT molecular complexity index is 7760. The summed E-state index contributed by atoms with van der Waals surface area (Å²) in [4.78, 5) is 66.4. The lowest BCUT2D eigenvalue weighted by Gasteiger charge is -2.09. The molecule has 0 spiro atoms. The first-order chi connectivity index (χ1) is 61.9. The van der Waals surface area contributed by atoms with E-state index in [1.54, 1.807) is 0 Å². The highest BCUT2D eigenvalue weighted by atomic mass is 35.5. The zero-order chi connectivity index (χ0) is 85.2. The zero-order valence-electron chi connectivity index (χ0n) is 66.5. The highest BCUT2D eigenvalue weighted by molar-refractivity contribution is 6.30. The Labute approximate surface area is 746 Å². The highest BCUT2D eigenvalue weighted by Crippen LogP contribution is 2.38. The van der Waals surface area contributed by atoms with Gasteiger partial charge < -0.3 is 4.42 Å². The van der Waals surface area contributed by atoms with Crippen molar-refractivity contribution in [3.8, 4) is 114 Å². The third-order valence-electron chi connectivity index (χ3n) is 20.9. The fourth-order valence-corrected chi connectivity index (χ4v) is 15.7. The predicted octanol–water partition coefficient (Wildman–Crippen LogP) is 28.1. The van der Waals surface area contributed by atoms with Crippen molar-refractivity contribution in [3.63, 3.8) is 0 Å². The van der Waals surface area contributed by atoms with Crippen LogP contribution in [0, 0.1) is 0 Å². The monoisotopic (exact) mass is 1730 g/mol. The molecule has 0 aliphatic carbocycles. The van der Waals surface area contributed by atoms with Crippen LogP contribution in [0.3, 0.4) is 0 Å². The third-order valence-corrected chi connectivity index (χ3v) is 21.7. The molecule has 0 unspecified atom stereocenters. The van der Waals surface area contributed by atoms with Crippen molar-refractivity contribution in [2.75, 3.05) is 0 Å². The van der Waals surface area contributed by atoms with Gasteiger partial charge in [0, 0.05) is 60.8 Å². The SMILES string of the molecule is Clc1nc(-c2ccc3ccccc3c2)nc(-c2ccc3ccccc3c2)n1.Clc1nc(-c2cccc3ccccc23)nc(-c2cccc3ccccc23)n1.Clc1nc(-c2ccccc2)nc(-c2ccc3ccccc3c2)n1.Clc1nc(-c2ccccc2)nc(-c2cccc3c2oc2ccccc23)n1.Clc1nc(-c2ccccc2)nc(-c2cccc3ccccc23)n1. The van der Waals surface area contributed by atoms with Gasteiger partial charge in [-0.25, -0.2) is 24.9 Å². The summed E-state index contributed by atoms with van der Waals surface area (Å²) >= 11 is 30.9.